The summed E-state index contributed by atoms with van der Waals surface area (Å²) in [6.45, 7) is 4.25. The minimum Gasteiger partial charge on any atom is -0.437 e. The summed E-state index contributed by atoms with van der Waals surface area (Å²) in [6.07, 6.45) is 21.5. The van der Waals surface area contributed by atoms with Gasteiger partial charge in [-0.1, -0.05) is 82.1 Å². The quantitative estimate of drug-likeness (QED) is 0.157. The van der Waals surface area contributed by atoms with Crippen molar-refractivity contribution in [2.24, 2.45) is 14.1 Å². The van der Waals surface area contributed by atoms with Crippen LogP contribution < -0.4 is 9.13 Å². The Morgan fingerprint density at radius 3 is 1.24 bits per heavy atom. The molecule has 4 saturated carbocycles. The van der Waals surface area contributed by atoms with Gasteiger partial charge in [-0.2, -0.15) is 0 Å². The van der Waals surface area contributed by atoms with E-state index in [0.717, 1.165) is 192 Å². The van der Waals surface area contributed by atoms with Gasteiger partial charge in [-0.3, -0.25) is 0 Å². The molecule has 0 radical (unpaired) electrons. The zero-order chi connectivity index (χ0) is 46.3. The molecule has 0 spiro atoms. The van der Waals surface area contributed by atoms with E-state index in [1.54, 1.807) is 0 Å². The lowest BCUT2D eigenvalue weighted by Gasteiger charge is -2.20. The molecule has 12 rings (SSSR count). The van der Waals surface area contributed by atoms with E-state index in [2.05, 4.69) is 110 Å². The van der Waals surface area contributed by atoms with Gasteiger partial charge in [0, 0.05) is 74.5 Å². The molecule has 6 nitrogen and oxygen atoms in total. The Morgan fingerprint density at radius 2 is 0.825 bits per heavy atom. The molecule has 63 heavy (non-hydrogen) atoms. The molecular weight excluding hydrogens is 773 g/mol. The summed E-state index contributed by atoms with van der Waals surface area (Å²) in [6, 6.07) is 25.4. The van der Waals surface area contributed by atoms with Crippen molar-refractivity contribution in [3.8, 4) is 22.5 Å². The molecule has 0 N–H and O–H groups in total. The highest BCUT2D eigenvalue weighted by Gasteiger charge is 2.28. The number of pyridine rings is 4. The van der Waals surface area contributed by atoms with Crippen LogP contribution in [0.1, 0.15) is 172 Å². The molecule has 4 aliphatic rings. The van der Waals surface area contributed by atoms with Crippen molar-refractivity contribution in [3.05, 3.63) is 119 Å². The Kier molecular flexibility index (Phi) is 9.71. The molecule has 0 amide bonds. The van der Waals surface area contributed by atoms with Crippen molar-refractivity contribution >= 4 is 44.1 Å². The van der Waals surface area contributed by atoms with Crippen molar-refractivity contribution < 1.29 is 23.5 Å². The number of furan rings is 2. The molecular formula is C57H64N4O2+2. The fourth-order valence-corrected chi connectivity index (χ4v) is 11.2. The molecule has 0 bridgehead atoms. The molecule has 0 atom stereocenters. The third-order valence-electron chi connectivity index (χ3n) is 14.9. The second-order valence-corrected chi connectivity index (χ2v) is 19.0. The van der Waals surface area contributed by atoms with E-state index in [9.17, 15) is 0 Å². The lowest BCUT2D eigenvalue weighted by atomic mass is 9.86. The third-order valence-corrected chi connectivity index (χ3v) is 14.9. The monoisotopic (exact) mass is 841 g/mol. The van der Waals surface area contributed by atoms with E-state index >= 15 is 0 Å². The van der Waals surface area contributed by atoms with Crippen LogP contribution in [-0.2, 0) is 14.1 Å². The second-order valence-electron chi connectivity index (χ2n) is 19.0. The van der Waals surface area contributed by atoms with Crippen molar-refractivity contribution in [1.29, 1.82) is 0 Å². The first-order valence-corrected chi connectivity index (χ1v) is 23.9. The number of aromatic nitrogens is 4. The van der Waals surface area contributed by atoms with Crippen molar-refractivity contribution in [3.63, 3.8) is 0 Å². The van der Waals surface area contributed by atoms with E-state index in [1.165, 1.54) is 6.42 Å². The normalized spacial score (nSPS) is 21.0. The first-order valence-electron chi connectivity index (χ1n) is 25.9. The average molecular weight is 841 g/mol. The topological polar surface area (TPSA) is 59.8 Å². The highest BCUT2D eigenvalue weighted by Crippen LogP contribution is 2.43. The van der Waals surface area contributed by atoms with Crippen LogP contribution in [0.3, 0.4) is 0 Å². The highest BCUT2D eigenvalue weighted by atomic mass is 16.3. The Bertz CT molecular complexity index is 3200. The molecule has 4 aliphatic carbocycles. The van der Waals surface area contributed by atoms with Gasteiger partial charge >= 0.3 is 0 Å². The summed E-state index contributed by atoms with van der Waals surface area (Å²) < 4.78 is 53.1. The zero-order valence-electron chi connectivity index (χ0n) is 41.7. The average Bonchev–Trinajstić information content (AvgIpc) is 4.19. The standard InChI is InChI=1S/C29H33N2O.C28H31N2O/c1-19-12-13-23-24-14-15-25(21-10-4-3-5-11-21)30-29(24)32-28(23)27(19)26-18-22(16-17-31(26)2)20-8-6-7-9-20;1-18-11-12-22-23-13-14-24(20-9-5-6-10-20)29-28(23)31-27(22)26(18)25-17-21(15-16-30(25)2)19-7-3-4-8-19/h12-18,20-21H,3-11H2,1-2H3;11-17,19-20H,3-10H2,1-2H3/q2*+1/i20D,21D;19D,20D. The minimum atomic E-state index is -0.603. The molecule has 322 valence electrons. The molecule has 0 unspecified atom stereocenters. The molecule has 0 aliphatic heterocycles. The number of fused-ring (bicyclic) bond motifs is 6. The van der Waals surface area contributed by atoms with Crippen LogP contribution in [0.4, 0.5) is 0 Å². The summed E-state index contributed by atoms with van der Waals surface area (Å²) in [7, 11) is 4.13. The summed E-state index contributed by atoms with van der Waals surface area (Å²) in [5.74, 6) is -2.17. The summed E-state index contributed by atoms with van der Waals surface area (Å²) in [5.41, 5.74) is 13.4. The summed E-state index contributed by atoms with van der Waals surface area (Å²) >= 11 is 0. The highest BCUT2D eigenvalue weighted by molar-refractivity contribution is 6.09. The fraction of sp³-hybridized carbons (Fsp3) is 0.439. The third kappa shape index (κ3) is 7.55. The van der Waals surface area contributed by atoms with E-state index in [-0.39, 0.29) is 0 Å². The predicted octanol–water partition coefficient (Wildman–Crippen LogP) is 14.6. The van der Waals surface area contributed by atoms with Crippen LogP contribution in [0.5, 0.6) is 0 Å². The van der Waals surface area contributed by atoms with Gasteiger partial charge in [0.15, 0.2) is 23.6 Å². The van der Waals surface area contributed by atoms with Crippen LogP contribution in [0.15, 0.2) is 94.0 Å². The number of hydrogen-bond acceptors (Lipinski definition) is 4. The molecule has 6 aromatic heterocycles. The van der Waals surface area contributed by atoms with Gasteiger partial charge in [0.25, 0.3) is 0 Å². The van der Waals surface area contributed by atoms with Crippen LogP contribution in [0, 0.1) is 13.8 Å². The first kappa shape index (κ1) is 36.0. The summed E-state index contributed by atoms with van der Waals surface area (Å²) in [5, 5.41) is 4.13. The number of rotatable bonds is 6. The van der Waals surface area contributed by atoms with Crippen LogP contribution in [-0.4, -0.2) is 9.97 Å². The molecule has 0 saturated heterocycles. The predicted molar refractivity (Wildman–Crippen MR) is 255 cm³/mol. The minimum absolute atomic E-state index is 0.487. The Hall–Kier alpha value is -5.36. The van der Waals surface area contributed by atoms with Gasteiger partial charge in [-0.25, -0.2) is 19.1 Å². The Labute approximate surface area is 378 Å². The van der Waals surface area contributed by atoms with Gasteiger partial charge in [0.1, 0.15) is 14.1 Å². The Balaban J connectivity index is 0.000000148. The maximum absolute atomic E-state index is 9.03. The first-order chi connectivity index (χ1) is 32.3. The van der Waals surface area contributed by atoms with Gasteiger partial charge in [0.2, 0.25) is 22.8 Å². The lowest BCUT2D eigenvalue weighted by Crippen LogP contribution is -2.31. The SMILES string of the molecule is [2H]C1(c2cc[n+](C)c(-c3c(C)ccc4c3oc3nc(C5([2H])CCCC5)ccc34)c2)CCCC1.[2H]C1(c2cc[n+](C)c(-c3c(C)ccc4c3oc3nc(C5([2H])CCCCC5)ccc34)c2)CCCC1. The van der Waals surface area contributed by atoms with E-state index in [4.69, 9.17) is 24.3 Å². The number of aryl methyl sites for hydroxylation is 4. The van der Waals surface area contributed by atoms with Crippen LogP contribution >= 0.6 is 0 Å². The van der Waals surface area contributed by atoms with Gasteiger partial charge < -0.3 is 8.83 Å². The smallest absolute Gasteiger partial charge is 0.227 e. The van der Waals surface area contributed by atoms with Crippen molar-refractivity contribution in [1.82, 2.24) is 9.97 Å². The molecule has 4 fully saturated rings. The van der Waals surface area contributed by atoms with Gasteiger partial charge in [-0.05, 0) is 124 Å². The van der Waals surface area contributed by atoms with E-state index in [0.29, 0.717) is 11.4 Å². The fourth-order valence-electron chi connectivity index (χ4n) is 11.2. The van der Waals surface area contributed by atoms with E-state index in [1.807, 2.05) is 12.1 Å². The van der Waals surface area contributed by atoms with Crippen LogP contribution in [0.25, 0.3) is 66.7 Å². The number of benzene rings is 2. The molecule has 2 aromatic carbocycles. The van der Waals surface area contributed by atoms with Crippen molar-refractivity contribution in [2.75, 3.05) is 0 Å². The summed E-state index contributed by atoms with van der Waals surface area (Å²) in [4.78, 5) is 9.75. The van der Waals surface area contributed by atoms with Gasteiger partial charge in [0.05, 0.1) is 11.1 Å². The molecule has 6 heterocycles. The maximum Gasteiger partial charge on any atom is 0.227 e. The lowest BCUT2D eigenvalue weighted by molar-refractivity contribution is -0.660. The molecule has 8 aromatic rings. The van der Waals surface area contributed by atoms with Crippen molar-refractivity contribution in [2.45, 2.75) is 147 Å². The van der Waals surface area contributed by atoms with E-state index < -0.39 is 23.6 Å². The maximum atomic E-state index is 9.03. The number of hydrogen-bond donors (Lipinski definition) is 0. The van der Waals surface area contributed by atoms with Crippen LogP contribution in [0.2, 0.25) is 0 Å². The largest absolute Gasteiger partial charge is 0.437 e. The Morgan fingerprint density at radius 1 is 0.460 bits per heavy atom. The molecule has 6 heteroatoms. The zero-order valence-corrected chi connectivity index (χ0v) is 37.7. The number of nitrogens with zero attached hydrogens (tertiary/aromatic N) is 4. The second kappa shape index (κ2) is 17.0. The van der Waals surface area contributed by atoms with Gasteiger partial charge in [-0.15, -0.1) is 0 Å².